The average Bonchev–Trinajstić information content (AvgIpc) is 2.28. The lowest BCUT2D eigenvalue weighted by Gasteiger charge is -2.28. The molecule has 0 heteroatoms. The van der Waals surface area contributed by atoms with Crippen molar-refractivity contribution in [3.05, 3.63) is 11.6 Å². The Kier molecular flexibility index (Phi) is 10.2. The topological polar surface area (TPSA) is 0 Å². The van der Waals surface area contributed by atoms with Crippen molar-refractivity contribution in [2.45, 2.75) is 122 Å². The first-order valence-corrected chi connectivity index (χ1v) is 11.1. The van der Waals surface area contributed by atoms with Gasteiger partial charge in [0.2, 0.25) is 0 Å². The van der Waals surface area contributed by atoms with Gasteiger partial charge in [0.15, 0.2) is 0 Å². The maximum Gasteiger partial charge on any atom is -0.0228 e. The highest BCUT2D eigenvalue weighted by Crippen LogP contribution is 2.34. The quantitative estimate of drug-likeness (QED) is 0.357. The molecule has 0 radical (unpaired) electrons. The van der Waals surface area contributed by atoms with Crippen molar-refractivity contribution in [3.63, 3.8) is 0 Å². The van der Waals surface area contributed by atoms with E-state index in [4.69, 9.17) is 0 Å². The second-order valence-corrected chi connectivity index (χ2v) is 13.1. The van der Waals surface area contributed by atoms with Gasteiger partial charge in [-0.05, 0) is 73.0 Å². The van der Waals surface area contributed by atoms with Crippen molar-refractivity contribution in [2.24, 2.45) is 34.0 Å². The highest BCUT2D eigenvalue weighted by Gasteiger charge is 2.21. The Labute approximate surface area is 167 Å². The van der Waals surface area contributed by atoms with E-state index in [1.54, 1.807) is 5.57 Å². The zero-order valence-corrected chi connectivity index (χ0v) is 20.6. The first kappa shape index (κ1) is 25.7. The molecule has 0 aromatic heterocycles. The molecule has 26 heavy (non-hydrogen) atoms. The number of allylic oxidation sites excluding steroid dienone is 2. The van der Waals surface area contributed by atoms with Crippen LogP contribution in [0, 0.1) is 34.0 Å². The monoisotopic (exact) mass is 364 g/mol. The zero-order chi connectivity index (χ0) is 20.8. The summed E-state index contributed by atoms with van der Waals surface area (Å²) in [4.78, 5) is 0. The van der Waals surface area contributed by atoms with Gasteiger partial charge in [-0.3, -0.25) is 0 Å². The van der Waals surface area contributed by atoms with Gasteiger partial charge in [-0.1, -0.05) is 94.2 Å². The minimum Gasteiger partial charge on any atom is -0.0825 e. The Bertz CT molecular complexity index is 405. The van der Waals surface area contributed by atoms with Gasteiger partial charge < -0.3 is 0 Å². The molecule has 0 aliphatic rings. The fourth-order valence-corrected chi connectivity index (χ4v) is 4.86. The molecule has 0 aromatic rings. The van der Waals surface area contributed by atoms with E-state index >= 15 is 0 Å². The van der Waals surface area contributed by atoms with Gasteiger partial charge in [0.1, 0.15) is 0 Å². The van der Waals surface area contributed by atoms with Gasteiger partial charge in [-0.15, -0.1) is 0 Å². The molecule has 0 rings (SSSR count). The standard InChI is InChI=1S/C26H52/c1-20(17-24(4,5)6)13-14-23(15-21(2)18-25(7,8)9)16-22(3)19-26(10,11)12/h15,20,22-23H,13-14,16-19H2,1-12H3. The fraction of sp³-hybridized carbons (Fsp3) is 0.923. The molecule has 0 bridgehead atoms. The molecule has 0 saturated heterocycles. The molecule has 0 fully saturated rings. The first-order chi connectivity index (χ1) is 11.5. The van der Waals surface area contributed by atoms with E-state index in [1.807, 2.05) is 0 Å². The van der Waals surface area contributed by atoms with Crippen molar-refractivity contribution in [1.82, 2.24) is 0 Å². The van der Waals surface area contributed by atoms with Gasteiger partial charge in [0, 0.05) is 0 Å². The molecule has 0 aromatic carbocycles. The molecule has 156 valence electrons. The summed E-state index contributed by atoms with van der Waals surface area (Å²) in [7, 11) is 0. The van der Waals surface area contributed by atoms with E-state index in [-0.39, 0.29) is 0 Å². The lowest BCUT2D eigenvalue weighted by atomic mass is 9.78. The molecule has 0 N–H and O–H groups in total. The smallest absolute Gasteiger partial charge is 0.0228 e. The predicted molar refractivity (Wildman–Crippen MR) is 122 cm³/mol. The molecule has 3 unspecified atom stereocenters. The summed E-state index contributed by atoms with van der Waals surface area (Å²) in [5.41, 5.74) is 2.87. The molecule has 0 spiro atoms. The highest BCUT2D eigenvalue weighted by molar-refractivity contribution is 5.04. The van der Waals surface area contributed by atoms with Crippen LogP contribution in [0.5, 0.6) is 0 Å². The molecule has 0 saturated carbocycles. The van der Waals surface area contributed by atoms with Crippen LogP contribution < -0.4 is 0 Å². The van der Waals surface area contributed by atoms with E-state index in [0.717, 1.165) is 17.8 Å². The average molecular weight is 365 g/mol. The third-order valence-electron chi connectivity index (χ3n) is 4.99. The van der Waals surface area contributed by atoms with E-state index in [2.05, 4.69) is 89.2 Å². The maximum absolute atomic E-state index is 2.63. The fourth-order valence-electron chi connectivity index (χ4n) is 4.86. The van der Waals surface area contributed by atoms with E-state index in [0.29, 0.717) is 16.2 Å². The van der Waals surface area contributed by atoms with Crippen LogP contribution >= 0.6 is 0 Å². The van der Waals surface area contributed by atoms with E-state index in [1.165, 1.54) is 38.5 Å². The lowest BCUT2D eigenvalue weighted by Crippen LogP contribution is -2.16. The number of hydrogen-bond donors (Lipinski definition) is 0. The van der Waals surface area contributed by atoms with Crippen LogP contribution in [0.15, 0.2) is 11.6 Å². The summed E-state index contributed by atoms with van der Waals surface area (Å²) < 4.78 is 0. The lowest BCUT2D eigenvalue weighted by molar-refractivity contribution is 0.257. The summed E-state index contributed by atoms with van der Waals surface area (Å²) in [5.74, 6) is 2.38. The Balaban J connectivity index is 4.96. The van der Waals surface area contributed by atoms with Crippen LogP contribution in [0.1, 0.15) is 122 Å². The van der Waals surface area contributed by atoms with Gasteiger partial charge in [-0.2, -0.15) is 0 Å². The van der Waals surface area contributed by atoms with Crippen molar-refractivity contribution >= 4 is 0 Å². The van der Waals surface area contributed by atoms with Gasteiger partial charge in [-0.25, -0.2) is 0 Å². The Morgan fingerprint density at radius 3 is 1.58 bits per heavy atom. The number of hydrogen-bond acceptors (Lipinski definition) is 0. The molecule has 0 amide bonds. The normalized spacial score (nSPS) is 17.9. The summed E-state index contributed by atoms with van der Waals surface area (Å²) >= 11 is 0. The summed E-state index contributed by atoms with van der Waals surface area (Å²) in [6, 6.07) is 0. The largest absolute Gasteiger partial charge is 0.0825 e. The van der Waals surface area contributed by atoms with Crippen LogP contribution in [0.25, 0.3) is 0 Å². The maximum atomic E-state index is 2.63. The van der Waals surface area contributed by atoms with Crippen LogP contribution in [-0.2, 0) is 0 Å². The van der Waals surface area contributed by atoms with Crippen LogP contribution in [0.2, 0.25) is 0 Å². The molecule has 0 aliphatic carbocycles. The molecular formula is C26H52. The van der Waals surface area contributed by atoms with Crippen molar-refractivity contribution < 1.29 is 0 Å². The second kappa shape index (κ2) is 10.3. The van der Waals surface area contributed by atoms with Gasteiger partial charge in [0.05, 0.1) is 0 Å². The molecule has 3 atom stereocenters. The van der Waals surface area contributed by atoms with Gasteiger partial charge in [0.25, 0.3) is 0 Å². The second-order valence-electron chi connectivity index (χ2n) is 13.1. The third kappa shape index (κ3) is 16.0. The van der Waals surface area contributed by atoms with Crippen LogP contribution in [-0.4, -0.2) is 0 Å². The summed E-state index contributed by atoms with van der Waals surface area (Å²) in [6.07, 6.45) is 10.6. The summed E-state index contributed by atoms with van der Waals surface area (Å²) in [6.45, 7) is 28.6. The van der Waals surface area contributed by atoms with E-state index < -0.39 is 0 Å². The van der Waals surface area contributed by atoms with Crippen LogP contribution in [0.3, 0.4) is 0 Å². The molecule has 0 heterocycles. The summed E-state index contributed by atoms with van der Waals surface area (Å²) in [5, 5.41) is 0. The molecule has 0 nitrogen and oxygen atoms in total. The number of rotatable bonds is 9. The van der Waals surface area contributed by atoms with Crippen molar-refractivity contribution in [1.29, 1.82) is 0 Å². The SMILES string of the molecule is CC(=CC(CCC(C)CC(C)(C)C)CC(C)CC(C)(C)C)CC(C)(C)C. The minimum absolute atomic E-state index is 0.391. The van der Waals surface area contributed by atoms with Crippen LogP contribution in [0.4, 0.5) is 0 Å². The van der Waals surface area contributed by atoms with E-state index in [9.17, 15) is 0 Å². The van der Waals surface area contributed by atoms with Gasteiger partial charge >= 0.3 is 0 Å². The Morgan fingerprint density at radius 2 is 1.15 bits per heavy atom. The predicted octanol–water partition coefficient (Wildman–Crippen LogP) is 9.30. The minimum atomic E-state index is 0.391. The first-order valence-electron chi connectivity index (χ1n) is 11.1. The Hall–Kier alpha value is -0.260. The molecule has 0 aliphatic heterocycles. The molecular weight excluding hydrogens is 312 g/mol. The van der Waals surface area contributed by atoms with Crippen molar-refractivity contribution in [2.75, 3.05) is 0 Å². The highest BCUT2D eigenvalue weighted by atomic mass is 14.3. The van der Waals surface area contributed by atoms with Crippen molar-refractivity contribution in [3.8, 4) is 0 Å². The third-order valence-corrected chi connectivity index (χ3v) is 4.99. The Morgan fingerprint density at radius 1 is 0.692 bits per heavy atom. The zero-order valence-electron chi connectivity index (χ0n) is 20.6.